The van der Waals surface area contributed by atoms with Gasteiger partial charge in [-0.1, -0.05) is 32.9 Å². The summed E-state index contributed by atoms with van der Waals surface area (Å²) < 4.78 is 30.7. The topological polar surface area (TPSA) is 135 Å². The van der Waals surface area contributed by atoms with Crippen LogP contribution in [0.25, 0.3) is 0 Å². The Labute approximate surface area is 253 Å². The summed E-state index contributed by atoms with van der Waals surface area (Å²) >= 11 is 0. The van der Waals surface area contributed by atoms with Crippen molar-refractivity contribution in [3.05, 3.63) is 29.6 Å². The fraction of sp³-hybridized carbons (Fsp3) is 0.667. The second kappa shape index (κ2) is 12.0. The molecule has 2 heterocycles. The Hall–Kier alpha value is -3.32. The van der Waals surface area contributed by atoms with Crippen LogP contribution in [0.3, 0.4) is 0 Å². The number of carbonyl (C=O) groups excluding carboxylic acids is 2. The van der Waals surface area contributed by atoms with E-state index in [0.717, 1.165) is 6.42 Å². The van der Waals surface area contributed by atoms with Crippen molar-refractivity contribution in [1.82, 2.24) is 25.6 Å². The Morgan fingerprint density at radius 3 is 2.49 bits per heavy atom. The summed E-state index contributed by atoms with van der Waals surface area (Å²) in [4.78, 5) is 26.2. The zero-order chi connectivity index (χ0) is 31.1. The summed E-state index contributed by atoms with van der Waals surface area (Å²) in [5.41, 5.74) is 0.385. The minimum absolute atomic E-state index is 0.0379. The van der Waals surface area contributed by atoms with E-state index in [2.05, 4.69) is 55.6 Å². The number of hydrogen-bond donors (Lipinski definition) is 2. The van der Waals surface area contributed by atoms with E-state index in [1.54, 1.807) is 18.3 Å². The van der Waals surface area contributed by atoms with Gasteiger partial charge in [0.1, 0.15) is 0 Å². The summed E-state index contributed by atoms with van der Waals surface area (Å²) in [6, 6.07) is 3.25. The first-order valence-corrected chi connectivity index (χ1v) is 15.0. The average Bonchev–Trinajstić information content (AvgIpc) is 3.59. The van der Waals surface area contributed by atoms with Crippen LogP contribution in [-0.2, 0) is 15.9 Å². The maximum atomic E-state index is 13.3. The first-order valence-electron chi connectivity index (χ1n) is 15.0. The fourth-order valence-electron chi connectivity index (χ4n) is 7.23. The molecule has 12 nitrogen and oxygen atoms in total. The molecule has 234 valence electrons. The van der Waals surface area contributed by atoms with Gasteiger partial charge in [-0.3, -0.25) is 9.59 Å². The lowest BCUT2D eigenvalue weighted by Gasteiger charge is -2.64. The maximum absolute atomic E-state index is 13.3. The Morgan fingerprint density at radius 2 is 1.84 bits per heavy atom. The first-order chi connectivity index (χ1) is 20.4. The number of ether oxygens (including phenoxy) is 3. The highest BCUT2D eigenvalue weighted by Crippen LogP contribution is 2.65. The van der Waals surface area contributed by atoms with Gasteiger partial charge in [0.15, 0.2) is 17.2 Å². The van der Waals surface area contributed by atoms with Gasteiger partial charge >= 0.3 is 7.12 Å². The summed E-state index contributed by atoms with van der Waals surface area (Å²) in [6.07, 6.45) is 4.47. The summed E-state index contributed by atoms with van der Waals surface area (Å²) in [5.74, 6) is 1.47. The van der Waals surface area contributed by atoms with Crippen molar-refractivity contribution in [3.8, 4) is 17.2 Å². The number of carbonyl (C=O) groups is 2. The molecule has 1 aliphatic heterocycles. The van der Waals surface area contributed by atoms with Crippen molar-refractivity contribution in [3.63, 3.8) is 0 Å². The molecule has 0 spiro atoms. The van der Waals surface area contributed by atoms with E-state index in [1.807, 2.05) is 0 Å². The Kier molecular flexibility index (Phi) is 8.68. The number of nitrogens with zero attached hydrogens (tertiary/aromatic N) is 3. The van der Waals surface area contributed by atoms with Crippen LogP contribution < -0.4 is 24.8 Å². The van der Waals surface area contributed by atoms with Crippen molar-refractivity contribution in [2.45, 2.75) is 78.1 Å². The number of benzene rings is 1. The molecule has 3 saturated carbocycles. The monoisotopic (exact) mass is 597 g/mol. The molecule has 13 heteroatoms. The van der Waals surface area contributed by atoms with Gasteiger partial charge in [-0.25, -0.2) is 4.68 Å². The van der Waals surface area contributed by atoms with Gasteiger partial charge < -0.3 is 34.2 Å². The standard InChI is InChI=1S/C30H44BN5O7/c1-17(2)13-24(31-42-23-15-18-14-22(29(18,3)4)30(23,5)43-31)33-28(38)20-16-36(35-34-20)12-11-32-27(37)19-9-10-21(39-6)26(41-8)25(19)40-7/h9-10,16-18,22-24H,11-15H2,1-8H3,(H,32,37)(H,33,38)/t18-,22-,23+,24-,30-/m0/s1. The Morgan fingerprint density at radius 1 is 1.09 bits per heavy atom. The quantitative estimate of drug-likeness (QED) is 0.354. The second-order valence-electron chi connectivity index (χ2n) is 13.1. The molecule has 3 aliphatic carbocycles. The van der Waals surface area contributed by atoms with Crippen LogP contribution in [0.2, 0.25) is 0 Å². The Balaban J connectivity index is 1.18. The molecule has 1 aromatic carbocycles. The number of methoxy groups -OCH3 is 3. The summed E-state index contributed by atoms with van der Waals surface area (Å²) in [7, 11) is 3.94. The lowest BCUT2D eigenvalue weighted by atomic mass is 9.43. The smallest absolute Gasteiger partial charge is 0.481 e. The van der Waals surface area contributed by atoms with Crippen LogP contribution in [0, 0.1) is 23.2 Å². The molecule has 1 saturated heterocycles. The third-order valence-electron chi connectivity index (χ3n) is 9.69. The fourth-order valence-corrected chi connectivity index (χ4v) is 7.23. The molecule has 2 bridgehead atoms. The number of hydrogen-bond acceptors (Lipinski definition) is 9. The minimum Gasteiger partial charge on any atom is -0.493 e. The SMILES string of the molecule is COc1ccc(C(=O)NCCn2cc(C(=O)N[C@@H](CC(C)C)B3O[C@@H]4C[C@@H]5C[C@@H](C5(C)C)[C@]4(C)O3)nn2)c(OC)c1OC. The zero-order valence-electron chi connectivity index (χ0n) is 26.4. The molecule has 0 unspecified atom stereocenters. The second-order valence-corrected chi connectivity index (χ2v) is 13.1. The number of amides is 2. The van der Waals surface area contributed by atoms with Gasteiger partial charge in [0, 0.05) is 6.54 Å². The highest BCUT2D eigenvalue weighted by atomic mass is 16.7. The van der Waals surface area contributed by atoms with Crippen molar-refractivity contribution in [2.24, 2.45) is 23.2 Å². The van der Waals surface area contributed by atoms with Gasteiger partial charge in [-0.15, -0.1) is 5.10 Å². The van der Waals surface area contributed by atoms with Crippen molar-refractivity contribution < 1.29 is 33.1 Å². The lowest BCUT2D eigenvalue weighted by molar-refractivity contribution is -0.199. The third kappa shape index (κ3) is 5.69. The largest absolute Gasteiger partial charge is 0.493 e. The maximum Gasteiger partial charge on any atom is 0.481 e. The normalized spacial score (nSPS) is 25.9. The predicted octanol–water partition coefficient (Wildman–Crippen LogP) is 3.15. The lowest BCUT2D eigenvalue weighted by Crippen LogP contribution is -2.65. The number of aromatic nitrogens is 3. The first kappa shape index (κ1) is 31.1. The molecule has 43 heavy (non-hydrogen) atoms. The van der Waals surface area contributed by atoms with E-state index in [-0.39, 0.29) is 52.9 Å². The minimum atomic E-state index is -0.518. The molecule has 1 aromatic heterocycles. The van der Waals surface area contributed by atoms with Crippen LogP contribution >= 0.6 is 0 Å². The molecule has 0 radical (unpaired) electrons. The molecule has 6 rings (SSSR count). The van der Waals surface area contributed by atoms with Gasteiger partial charge in [0.2, 0.25) is 5.75 Å². The van der Waals surface area contributed by atoms with E-state index in [9.17, 15) is 9.59 Å². The summed E-state index contributed by atoms with van der Waals surface area (Å²) in [5, 5.41) is 14.1. The average molecular weight is 598 g/mol. The Bertz CT molecular complexity index is 1350. The van der Waals surface area contributed by atoms with Gasteiger partial charge in [0.05, 0.1) is 57.3 Å². The van der Waals surface area contributed by atoms with Gasteiger partial charge in [0.25, 0.3) is 11.8 Å². The molecule has 5 atom stereocenters. The molecular formula is C30H44BN5O7. The van der Waals surface area contributed by atoms with Crippen molar-refractivity contribution >= 4 is 18.9 Å². The van der Waals surface area contributed by atoms with Crippen LogP contribution in [0.15, 0.2) is 18.3 Å². The van der Waals surface area contributed by atoms with Gasteiger partial charge in [-0.05, 0) is 61.5 Å². The van der Waals surface area contributed by atoms with Gasteiger partial charge in [-0.2, -0.15) is 0 Å². The molecular weight excluding hydrogens is 553 g/mol. The highest BCUT2D eigenvalue weighted by Gasteiger charge is 2.68. The molecule has 2 N–H and O–H groups in total. The van der Waals surface area contributed by atoms with Crippen molar-refractivity contribution in [1.29, 1.82) is 0 Å². The van der Waals surface area contributed by atoms with E-state index < -0.39 is 7.12 Å². The van der Waals surface area contributed by atoms with E-state index in [4.69, 9.17) is 23.5 Å². The van der Waals surface area contributed by atoms with E-state index >= 15 is 0 Å². The molecule has 4 fully saturated rings. The zero-order valence-corrected chi connectivity index (χ0v) is 26.4. The molecule has 2 aromatic rings. The van der Waals surface area contributed by atoms with Crippen LogP contribution in [-0.4, -0.2) is 79.4 Å². The summed E-state index contributed by atoms with van der Waals surface area (Å²) in [6.45, 7) is 11.6. The molecule has 2 amide bonds. The predicted molar refractivity (Wildman–Crippen MR) is 159 cm³/mol. The van der Waals surface area contributed by atoms with Crippen LogP contribution in [0.4, 0.5) is 0 Å². The number of nitrogens with one attached hydrogen (secondary N) is 2. The van der Waals surface area contributed by atoms with E-state index in [0.29, 0.717) is 47.8 Å². The van der Waals surface area contributed by atoms with E-state index in [1.165, 1.54) is 32.4 Å². The molecule has 4 aliphatic rings. The van der Waals surface area contributed by atoms with Crippen LogP contribution in [0.1, 0.15) is 74.7 Å². The van der Waals surface area contributed by atoms with Crippen molar-refractivity contribution in [2.75, 3.05) is 27.9 Å². The van der Waals surface area contributed by atoms with Crippen LogP contribution in [0.5, 0.6) is 17.2 Å². The number of rotatable bonds is 12. The highest BCUT2D eigenvalue weighted by molar-refractivity contribution is 6.48. The third-order valence-corrected chi connectivity index (χ3v) is 9.69.